The zero-order valence-corrected chi connectivity index (χ0v) is 21.7. The van der Waals surface area contributed by atoms with E-state index in [2.05, 4.69) is 53.2 Å². The summed E-state index contributed by atoms with van der Waals surface area (Å²) in [6, 6.07) is 9.73. The number of hydrogen-bond acceptors (Lipinski definition) is 4. The number of aliphatic hydroxyl groups is 1. The van der Waals surface area contributed by atoms with Gasteiger partial charge in [-0.05, 0) is 110 Å². The molecule has 1 aromatic carbocycles. The van der Waals surface area contributed by atoms with E-state index in [4.69, 9.17) is 4.74 Å². The van der Waals surface area contributed by atoms with E-state index in [0.29, 0.717) is 17.9 Å². The molecular weight excluding hydrogens is 444 g/mol. The number of β-amino-alcohol motifs (C(OH)–C–C–N with tert-alkyl or cyclic N) is 1. The van der Waals surface area contributed by atoms with Gasteiger partial charge < -0.3 is 9.84 Å². The van der Waals surface area contributed by atoms with Crippen LogP contribution in [0.4, 0.5) is 0 Å². The molecule has 2 unspecified atom stereocenters. The molecule has 6 aliphatic rings. The molecule has 4 heteroatoms. The van der Waals surface area contributed by atoms with Crippen LogP contribution in [0.2, 0.25) is 0 Å². The first-order valence-electron chi connectivity index (χ1n) is 14.2. The Balaban J connectivity index is 1.13. The average Bonchev–Trinajstić information content (AvgIpc) is 3.37. The lowest BCUT2D eigenvalue weighted by atomic mass is 9.58. The molecule has 4 nitrogen and oxygen atoms in total. The van der Waals surface area contributed by atoms with Gasteiger partial charge in [0.2, 0.25) is 0 Å². The molecule has 1 N–H and O–H groups in total. The van der Waals surface area contributed by atoms with E-state index in [1.54, 1.807) is 5.57 Å². The highest BCUT2D eigenvalue weighted by Gasteiger charge is 2.66. The van der Waals surface area contributed by atoms with Crippen molar-refractivity contribution in [1.82, 2.24) is 9.88 Å². The SMILES string of the molecule is CC1(O)CN([C@@H]2CCC3=CC4=CCC5(C)C(c6ccc7ccncc7c6)CC[C@H]5[C@@]45CC[C@]3(C2)O5)C1. The highest BCUT2D eigenvalue weighted by Crippen LogP contribution is 2.69. The van der Waals surface area contributed by atoms with Crippen LogP contribution >= 0.6 is 0 Å². The van der Waals surface area contributed by atoms with E-state index in [1.807, 2.05) is 19.3 Å². The number of ether oxygens (including phenoxy) is 1. The van der Waals surface area contributed by atoms with E-state index >= 15 is 0 Å². The van der Waals surface area contributed by atoms with Gasteiger partial charge in [-0.25, -0.2) is 0 Å². The topological polar surface area (TPSA) is 45.6 Å². The quantitative estimate of drug-likeness (QED) is 0.578. The van der Waals surface area contributed by atoms with Gasteiger partial charge in [0, 0.05) is 36.9 Å². The van der Waals surface area contributed by atoms with Crippen LogP contribution in [0.15, 0.2) is 60.0 Å². The van der Waals surface area contributed by atoms with E-state index in [-0.39, 0.29) is 16.6 Å². The maximum Gasteiger partial charge on any atom is 0.0974 e. The summed E-state index contributed by atoms with van der Waals surface area (Å²) in [4.78, 5) is 6.89. The molecule has 3 aliphatic heterocycles. The van der Waals surface area contributed by atoms with Crippen LogP contribution in [0.5, 0.6) is 0 Å². The van der Waals surface area contributed by atoms with E-state index in [9.17, 15) is 5.11 Å². The fourth-order valence-electron chi connectivity index (χ4n) is 9.65. The Morgan fingerprint density at radius 2 is 1.94 bits per heavy atom. The van der Waals surface area contributed by atoms with Gasteiger partial charge in [-0.2, -0.15) is 0 Å². The molecule has 2 aromatic rings. The summed E-state index contributed by atoms with van der Waals surface area (Å²) in [6.07, 6.45) is 18.5. The zero-order chi connectivity index (χ0) is 24.3. The third-order valence-corrected chi connectivity index (χ3v) is 11.3. The van der Waals surface area contributed by atoms with Crippen LogP contribution in [-0.2, 0) is 4.74 Å². The minimum absolute atomic E-state index is 0.0767. The minimum Gasteiger partial charge on any atom is -0.388 e. The molecule has 8 rings (SSSR count). The molecule has 6 atom stereocenters. The summed E-state index contributed by atoms with van der Waals surface area (Å²) in [6.45, 7) is 6.16. The fourth-order valence-corrected chi connectivity index (χ4v) is 9.65. The molecule has 36 heavy (non-hydrogen) atoms. The highest BCUT2D eigenvalue weighted by atomic mass is 16.5. The number of benzene rings is 1. The second kappa shape index (κ2) is 7.09. The molecule has 4 heterocycles. The number of aromatic nitrogens is 1. The second-order valence-corrected chi connectivity index (χ2v) is 13.5. The number of allylic oxidation sites excluding steroid dienone is 1. The zero-order valence-electron chi connectivity index (χ0n) is 21.7. The van der Waals surface area contributed by atoms with Gasteiger partial charge in [-0.15, -0.1) is 0 Å². The van der Waals surface area contributed by atoms with Crippen molar-refractivity contribution in [2.24, 2.45) is 11.3 Å². The highest BCUT2D eigenvalue weighted by molar-refractivity contribution is 5.82. The molecule has 2 spiro atoms. The Morgan fingerprint density at radius 3 is 2.81 bits per heavy atom. The van der Waals surface area contributed by atoms with E-state index in [0.717, 1.165) is 45.2 Å². The van der Waals surface area contributed by atoms with E-state index in [1.165, 1.54) is 41.2 Å². The Kier molecular flexibility index (Phi) is 4.34. The molecule has 0 amide bonds. The smallest absolute Gasteiger partial charge is 0.0974 e. The fraction of sp³-hybridized carbons (Fsp3) is 0.594. The molecule has 4 fully saturated rings. The average molecular weight is 483 g/mol. The van der Waals surface area contributed by atoms with Crippen LogP contribution in [0.25, 0.3) is 10.8 Å². The van der Waals surface area contributed by atoms with Gasteiger partial charge in [-0.3, -0.25) is 9.88 Å². The molecule has 2 saturated heterocycles. The number of hydrogen-bond donors (Lipinski definition) is 1. The predicted octanol–water partition coefficient (Wildman–Crippen LogP) is 5.91. The summed E-state index contributed by atoms with van der Waals surface area (Å²) in [5.74, 6) is 1.13. The standard InChI is InChI=1S/C32H38N2O2/c1-29(35)19-34(20-29)26-6-5-24-16-25-9-11-30(2)27(22-4-3-21-10-14-33-18-23(21)15-22)7-8-28(30)32(25)13-12-31(24,17-26)36-32/h3-4,9-10,14-16,18,26-28,35H,5-8,11-13,17,19-20H2,1-2H3/t26-,27?,28-,30?,31-,32-/m1/s1. The summed E-state index contributed by atoms with van der Waals surface area (Å²) < 4.78 is 7.48. The number of fused-ring (bicyclic) bond motifs is 2. The Bertz CT molecular complexity index is 1320. The lowest BCUT2D eigenvalue weighted by molar-refractivity contribution is -0.157. The van der Waals surface area contributed by atoms with Crippen molar-refractivity contribution in [2.45, 2.75) is 94.0 Å². The van der Waals surface area contributed by atoms with Gasteiger partial charge in [0.15, 0.2) is 0 Å². The van der Waals surface area contributed by atoms with Crippen LogP contribution in [0, 0.1) is 11.3 Å². The Morgan fingerprint density at radius 1 is 1.06 bits per heavy atom. The van der Waals surface area contributed by atoms with Crippen LogP contribution in [0.1, 0.15) is 76.7 Å². The van der Waals surface area contributed by atoms with Gasteiger partial charge >= 0.3 is 0 Å². The van der Waals surface area contributed by atoms with Crippen molar-refractivity contribution in [3.05, 3.63) is 65.5 Å². The monoisotopic (exact) mass is 482 g/mol. The van der Waals surface area contributed by atoms with Crippen molar-refractivity contribution in [1.29, 1.82) is 0 Å². The molecule has 2 bridgehead atoms. The number of likely N-dealkylation sites (tertiary alicyclic amines) is 1. The van der Waals surface area contributed by atoms with Gasteiger partial charge in [0.05, 0.1) is 16.8 Å². The lowest BCUT2D eigenvalue weighted by Gasteiger charge is -2.56. The third-order valence-electron chi connectivity index (χ3n) is 11.3. The van der Waals surface area contributed by atoms with Gasteiger partial charge in [-0.1, -0.05) is 31.2 Å². The summed E-state index contributed by atoms with van der Waals surface area (Å²) in [5.41, 5.74) is 4.08. The molecule has 2 saturated carbocycles. The van der Waals surface area contributed by atoms with Crippen LogP contribution in [0.3, 0.4) is 0 Å². The van der Waals surface area contributed by atoms with Crippen molar-refractivity contribution in [2.75, 3.05) is 13.1 Å². The molecule has 0 radical (unpaired) electrons. The molecule has 1 aromatic heterocycles. The third kappa shape index (κ3) is 2.84. The molecule has 188 valence electrons. The first kappa shape index (κ1) is 22.0. The Hall–Kier alpha value is -2.01. The maximum absolute atomic E-state index is 10.3. The minimum atomic E-state index is -0.503. The first-order valence-corrected chi connectivity index (χ1v) is 14.2. The second-order valence-electron chi connectivity index (χ2n) is 13.5. The largest absolute Gasteiger partial charge is 0.388 e. The summed E-state index contributed by atoms with van der Waals surface area (Å²) >= 11 is 0. The van der Waals surface area contributed by atoms with Crippen molar-refractivity contribution >= 4 is 10.8 Å². The first-order chi connectivity index (χ1) is 17.3. The summed E-state index contributed by atoms with van der Waals surface area (Å²) in [5, 5.41) is 12.9. The number of rotatable bonds is 2. The molecular formula is C32H38N2O2. The number of pyridine rings is 1. The Labute approximate surface area is 214 Å². The van der Waals surface area contributed by atoms with Gasteiger partial charge in [0.1, 0.15) is 0 Å². The predicted molar refractivity (Wildman–Crippen MR) is 142 cm³/mol. The lowest BCUT2D eigenvalue weighted by Crippen LogP contribution is -2.65. The van der Waals surface area contributed by atoms with Crippen molar-refractivity contribution in [3.63, 3.8) is 0 Å². The van der Waals surface area contributed by atoms with Crippen LogP contribution < -0.4 is 0 Å². The van der Waals surface area contributed by atoms with Crippen LogP contribution in [-0.4, -0.2) is 50.9 Å². The normalized spacial score (nSPS) is 42.7. The number of nitrogens with zero attached hydrogens (tertiary/aromatic N) is 2. The van der Waals surface area contributed by atoms with Gasteiger partial charge in [0.25, 0.3) is 0 Å². The maximum atomic E-state index is 10.3. The van der Waals surface area contributed by atoms with Crippen molar-refractivity contribution < 1.29 is 9.84 Å². The summed E-state index contributed by atoms with van der Waals surface area (Å²) in [7, 11) is 0. The van der Waals surface area contributed by atoms with Crippen molar-refractivity contribution in [3.8, 4) is 0 Å². The van der Waals surface area contributed by atoms with E-state index < -0.39 is 5.60 Å². The molecule has 3 aliphatic carbocycles.